The van der Waals surface area contributed by atoms with Gasteiger partial charge in [0.25, 0.3) is 0 Å². The van der Waals surface area contributed by atoms with Crippen molar-refractivity contribution in [1.29, 1.82) is 0 Å². The molecule has 2 aliphatic rings. The van der Waals surface area contributed by atoms with Crippen LogP contribution < -0.4 is 4.90 Å². The molecule has 11 heteroatoms. The van der Waals surface area contributed by atoms with Crippen molar-refractivity contribution in [2.24, 2.45) is 0 Å². The van der Waals surface area contributed by atoms with Crippen LogP contribution in [0.3, 0.4) is 0 Å². The summed E-state index contributed by atoms with van der Waals surface area (Å²) in [7, 11) is 1.36. The van der Waals surface area contributed by atoms with Crippen LogP contribution in [-0.4, -0.2) is 66.1 Å². The number of aromatic nitrogens is 2. The number of anilines is 1. The Hall–Kier alpha value is -2.34. The highest BCUT2D eigenvalue weighted by Gasteiger charge is 2.46. The van der Waals surface area contributed by atoms with Gasteiger partial charge in [-0.2, -0.15) is 0 Å². The van der Waals surface area contributed by atoms with Gasteiger partial charge >= 0.3 is 5.97 Å². The SMILES string of the molecule is CCc1cc2c(N3CCN(C4OC4c4cc(F)cc(F)c4)CC3)nc(SCC(=O)OC)nc2s1. The molecule has 0 spiro atoms. The molecule has 34 heavy (non-hydrogen) atoms. The molecule has 0 saturated carbocycles. The molecule has 2 aromatic heterocycles. The second-order valence-electron chi connectivity index (χ2n) is 8.15. The Kier molecular flexibility index (Phi) is 6.70. The van der Waals surface area contributed by atoms with E-state index in [1.165, 1.54) is 35.9 Å². The quantitative estimate of drug-likeness (QED) is 0.206. The molecule has 0 radical (unpaired) electrons. The third-order valence-corrected chi connectivity index (χ3v) is 7.95. The average Bonchev–Trinajstić information content (AvgIpc) is 3.53. The van der Waals surface area contributed by atoms with E-state index < -0.39 is 11.6 Å². The molecule has 3 aromatic rings. The maximum atomic E-state index is 13.6. The Morgan fingerprint density at radius 3 is 2.59 bits per heavy atom. The molecule has 5 rings (SSSR count). The Labute approximate surface area is 204 Å². The van der Waals surface area contributed by atoms with Gasteiger partial charge in [0, 0.05) is 37.1 Å². The summed E-state index contributed by atoms with van der Waals surface area (Å²) < 4.78 is 37.7. The largest absolute Gasteiger partial charge is 0.468 e. The third-order valence-electron chi connectivity index (χ3n) is 5.95. The van der Waals surface area contributed by atoms with Crippen molar-refractivity contribution in [3.05, 3.63) is 46.3 Å². The van der Waals surface area contributed by atoms with E-state index in [1.54, 1.807) is 11.3 Å². The number of nitrogens with zero attached hydrogens (tertiary/aromatic N) is 4. The number of ether oxygens (including phenoxy) is 2. The Morgan fingerprint density at radius 2 is 1.91 bits per heavy atom. The average molecular weight is 507 g/mol. The summed E-state index contributed by atoms with van der Waals surface area (Å²) in [5.74, 6) is -0.479. The Morgan fingerprint density at radius 1 is 1.18 bits per heavy atom. The van der Waals surface area contributed by atoms with Gasteiger partial charge in [0.1, 0.15) is 34.6 Å². The van der Waals surface area contributed by atoms with Crippen LogP contribution in [0.4, 0.5) is 14.6 Å². The van der Waals surface area contributed by atoms with Crippen molar-refractivity contribution >= 4 is 45.1 Å². The molecule has 180 valence electrons. The third kappa shape index (κ3) is 4.88. The molecule has 0 bridgehead atoms. The molecule has 2 saturated heterocycles. The maximum Gasteiger partial charge on any atom is 0.316 e. The molecular weight excluding hydrogens is 482 g/mol. The van der Waals surface area contributed by atoms with Crippen LogP contribution in [0.1, 0.15) is 23.5 Å². The number of methoxy groups -OCH3 is 1. The Bertz CT molecular complexity index is 1200. The molecule has 4 heterocycles. The van der Waals surface area contributed by atoms with Crippen molar-refractivity contribution in [3.63, 3.8) is 0 Å². The zero-order valence-corrected chi connectivity index (χ0v) is 20.4. The first kappa shape index (κ1) is 23.4. The second-order valence-corrected chi connectivity index (χ2v) is 10.2. The number of halogens is 2. The highest BCUT2D eigenvalue weighted by atomic mass is 32.2. The lowest BCUT2D eigenvalue weighted by molar-refractivity contribution is -0.137. The van der Waals surface area contributed by atoms with Gasteiger partial charge in [0.15, 0.2) is 5.16 Å². The molecule has 2 atom stereocenters. The van der Waals surface area contributed by atoms with Crippen LogP contribution in [0.25, 0.3) is 10.2 Å². The number of piperazine rings is 1. The molecule has 2 fully saturated rings. The smallest absolute Gasteiger partial charge is 0.316 e. The van der Waals surface area contributed by atoms with Crippen molar-refractivity contribution < 1.29 is 23.0 Å². The number of thiophene rings is 1. The standard InChI is InChI=1S/C23H24F2N4O3S2/c1-3-16-11-17-20(26-23(27-21(17)34-16)33-12-18(30)31-2)28-4-6-29(7-5-28)22-19(32-22)13-8-14(24)10-15(25)9-13/h8-11,19,22H,3-7,12H2,1-2H3. The summed E-state index contributed by atoms with van der Waals surface area (Å²) in [5, 5.41) is 1.58. The van der Waals surface area contributed by atoms with Gasteiger partial charge < -0.3 is 14.4 Å². The van der Waals surface area contributed by atoms with Gasteiger partial charge in [-0.05, 0) is 30.2 Å². The van der Waals surface area contributed by atoms with E-state index in [2.05, 4.69) is 27.8 Å². The van der Waals surface area contributed by atoms with Crippen LogP contribution in [0.5, 0.6) is 0 Å². The van der Waals surface area contributed by atoms with Crippen LogP contribution in [0, 0.1) is 11.6 Å². The molecule has 0 N–H and O–H groups in total. The van der Waals surface area contributed by atoms with Crippen LogP contribution in [0.15, 0.2) is 29.4 Å². The summed E-state index contributed by atoms with van der Waals surface area (Å²) in [6, 6.07) is 5.68. The number of epoxide rings is 1. The number of aryl methyl sites for hydroxylation is 1. The van der Waals surface area contributed by atoms with Crippen LogP contribution >= 0.6 is 23.1 Å². The van der Waals surface area contributed by atoms with E-state index in [0.29, 0.717) is 10.7 Å². The first-order chi connectivity index (χ1) is 16.4. The lowest BCUT2D eigenvalue weighted by Gasteiger charge is -2.35. The van der Waals surface area contributed by atoms with Gasteiger partial charge in [-0.1, -0.05) is 18.7 Å². The maximum absolute atomic E-state index is 13.6. The number of rotatable bonds is 7. The number of hydrogen-bond acceptors (Lipinski definition) is 9. The first-order valence-electron chi connectivity index (χ1n) is 11.1. The molecule has 0 aliphatic carbocycles. The van der Waals surface area contributed by atoms with E-state index >= 15 is 0 Å². The summed E-state index contributed by atoms with van der Waals surface area (Å²) in [4.78, 5) is 27.6. The first-order valence-corrected chi connectivity index (χ1v) is 12.9. The lowest BCUT2D eigenvalue weighted by atomic mass is 10.1. The number of fused-ring (bicyclic) bond motifs is 1. The minimum Gasteiger partial charge on any atom is -0.468 e. The zero-order chi connectivity index (χ0) is 23.8. The fraction of sp³-hybridized carbons (Fsp3) is 0.435. The molecule has 7 nitrogen and oxygen atoms in total. The van der Waals surface area contributed by atoms with E-state index in [1.807, 2.05) is 0 Å². The van der Waals surface area contributed by atoms with E-state index in [0.717, 1.165) is 54.7 Å². The topological polar surface area (TPSA) is 71.1 Å². The molecule has 1 aromatic carbocycles. The van der Waals surface area contributed by atoms with Crippen molar-refractivity contribution in [2.75, 3.05) is 43.9 Å². The second kappa shape index (κ2) is 9.73. The fourth-order valence-corrected chi connectivity index (χ4v) is 5.84. The van der Waals surface area contributed by atoms with Gasteiger partial charge in [-0.15, -0.1) is 11.3 Å². The number of benzene rings is 1. The van der Waals surface area contributed by atoms with E-state index in [-0.39, 0.29) is 24.1 Å². The van der Waals surface area contributed by atoms with Gasteiger partial charge in [-0.3, -0.25) is 9.69 Å². The van der Waals surface area contributed by atoms with Crippen molar-refractivity contribution in [1.82, 2.24) is 14.9 Å². The number of hydrogen-bond donors (Lipinski definition) is 0. The van der Waals surface area contributed by atoms with Gasteiger partial charge in [0.05, 0.1) is 18.2 Å². The Balaban J connectivity index is 1.30. The van der Waals surface area contributed by atoms with Gasteiger partial charge in [0.2, 0.25) is 0 Å². The highest BCUT2D eigenvalue weighted by Crippen LogP contribution is 2.42. The fourth-order valence-electron chi connectivity index (χ4n) is 4.15. The molecule has 2 unspecified atom stereocenters. The number of carbonyl (C=O) groups excluding carboxylic acids is 1. The minimum absolute atomic E-state index is 0.155. The summed E-state index contributed by atoms with van der Waals surface area (Å²) in [5.41, 5.74) is 0.528. The summed E-state index contributed by atoms with van der Waals surface area (Å²) in [6.45, 7) is 5.04. The molecular formula is C23H24F2N4O3S2. The normalized spacial score (nSPS) is 20.6. The molecule has 0 amide bonds. The predicted octanol–water partition coefficient (Wildman–Crippen LogP) is 4.02. The highest BCUT2D eigenvalue weighted by molar-refractivity contribution is 7.99. The summed E-state index contributed by atoms with van der Waals surface area (Å²) in [6.07, 6.45) is 0.431. The monoisotopic (exact) mass is 506 g/mol. The van der Waals surface area contributed by atoms with E-state index in [4.69, 9.17) is 14.5 Å². The predicted molar refractivity (Wildman–Crippen MR) is 127 cm³/mol. The minimum atomic E-state index is -0.593. The molecule has 2 aliphatic heterocycles. The van der Waals surface area contributed by atoms with Crippen molar-refractivity contribution in [3.8, 4) is 0 Å². The van der Waals surface area contributed by atoms with Crippen molar-refractivity contribution in [2.45, 2.75) is 30.8 Å². The number of esters is 1. The van der Waals surface area contributed by atoms with Crippen LogP contribution in [0.2, 0.25) is 0 Å². The number of carbonyl (C=O) groups is 1. The van der Waals surface area contributed by atoms with E-state index in [9.17, 15) is 13.6 Å². The van der Waals surface area contributed by atoms with Gasteiger partial charge in [-0.25, -0.2) is 18.7 Å². The lowest BCUT2D eigenvalue weighted by Crippen LogP contribution is -2.48. The summed E-state index contributed by atoms with van der Waals surface area (Å²) >= 11 is 2.92. The number of thioether (sulfide) groups is 1. The van der Waals surface area contributed by atoms with Crippen LogP contribution in [-0.2, 0) is 20.7 Å². The zero-order valence-electron chi connectivity index (χ0n) is 18.8.